The average Bonchev–Trinajstić information content (AvgIpc) is 2.88. The van der Waals surface area contributed by atoms with Crippen molar-refractivity contribution in [1.82, 2.24) is 15.5 Å². The van der Waals surface area contributed by atoms with Crippen LogP contribution in [0.2, 0.25) is 0 Å². The molecule has 1 unspecified atom stereocenters. The number of amides is 1. The third kappa shape index (κ3) is 5.36. The van der Waals surface area contributed by atoms with Gasteiger partial charge in [-0.3, -0.25) is 0 Å². The number of aromatic nitrogens is 2. The molecule has 0 saturated carbocycles. The molecule has 7 heteroatoms. The van der Waals surface area contributed by atoms with Gasteiger partial charge in [0.05, 0.1) is 0 Å². The van der Waals surface area contributed by atoms with E-state index in [4.69, 9.17) is 9.26 Å². The number of benzene rings is 1. The number of alkyl carbamates (subject to hydrolysis) is 1. The lowest BCUT2D eigenvalue weighted by atomic mass is 10.1. The number of carbonyl (C=O) groups is 1. The van der Waals surface area contributed by atoms with E-state index in [1.54, 1.807) is 39.8 Å². The van der Waals surface area contributed by atoms with Gasteiger partial charge in [-0.05, 0) is 45.4 Å². The molecule has 1 amide bonds. The minimum Gasteiger partial charge on any atom is -0.444 e. The highest BCUT2D eigenvalue weighted by atomic mass is 19.1. The Labute approximate surface area is 134 Å². The van der Waals surface area contributed by atoms with E-state index in [0.717, 1.165) is 5.56 Å². The molecule has 0 aliphatic carbocycles. The molecule has 2 aromatic rings. The van der Waals surface area contributed by atoms with E-state index in [0.29, 0.717) is 12.2 Å². The molecule has 6 nitrogen and oxygen atoms in total. The number of halogens is 1. The van der Waals surface area contributed by atoms with Gasteiger partial charge < -0.3 is 14.6 Å². The summed E-state index contributed by atoms with van der Waals surface area (Å²) in [7, 11) is 0. The molecule has 124 valence electrons. The van der Waals surface area contributed by atoms with Crippen LogP contribution in [0.4, 0.5) is 9.18 Å². The Morgan fingerprint density at radius 1 is 1.35 bits per heavy atom. The molecular formula is C16H20FN3O3. The summed E-state index contributed by atoms with van der Waals surface area (Å²) in [5.74, 6) is 0.454. The minimum absolute atomic E-state index is 0.285. The predicted molar refractivity (Wildman–Crippen MR) is 81.3 cm³/mol. The maximum atomic E-state index is 12.9. The van der Waals surface area contributed by atoms with Gasteiger partial charge in [0.1, 0.15) is 17.5 Å². The second-order valence-electron chi connectivity index (χ2n) is 6.22. The van der Waals surface area contributed by atoms with Gasteiger partial charge >= 0.3 is 6.09 Å². The average molecular weight is 321 g/mol. The van der Waals surface area contributed by atoms with Crippen LogP contribution in [-0.2, 0) is 11.2 Å². The molecule has 23 heavy (non-hydrogen) atoms. The summed E-state index contributed by atoms with van der Waals surface area (Å²) < 4.78 is 23.2. The quantitative estimate of drug-likeness (QED) is 0.934. The van der Waals surface area contributed by atoms with Crippen molar-refractivity contribution < 1.29 is 18.4 Å². The largest absolute Gasteiger partial charge is 0.444 e. The summed E-state index contributed by atoms with van der Waals surface area (Å²) in [4.78, 5) is 15.9. The molecule has 1 aromatic heterocycles. The van der Waals surface area contributed by atoms with Gasteiger partial charge in [0.2, 0.25) is 5.89 Å². The summed E-state index contributed by atoms with van der Waals surface area (Å²) in [5.41, 5.74) is 0.290. The molecule has 0 aliphatic heterocycles. The molecule has 0 aliphatic rings. The van der Waals surface area contributed by atoms with Crippen LogP contribution in [0.1, 0.15) is 51.0 Å². The van der Waals surface area contributed by atoms with Crippen molar-refractivity contribution in [3.63, 3.8) is 0 Å². The maximum Gasteiger partial charge on any atom is 0.408 e. The standard InChI is InChI=1S/C16H20FN3O3/c1-10(18-15(21)22-16(2,3)4)14-19-13(20-23-14)9-11-5-7-12(17)8-6-11/h5-8,10H,9H2,1-4H3,(H,18,21). The number of hydrogen-bond acceptors (Lipinski definition) is 5. The first kappa shape index (κ1) is 16.9. The third-order valence-electron chi connectivity index (χ3n) is 2.86. The normalized spacial score (nSPS) is 12.7. The number of nitrogens with one attached hydrogen (secondary N) is 1. The molecular weight excluding hydrogens is 301 g/mol. The van der Waals surface area contributed by atoms with Crippen molar-refractivity contribution in [2.75, 3.05) is 0 Å². The fraction of sp³-hybridized carbons (Fsp3) is 0.438. The minimum atomic E-state index is -0.577. The lowest BCUT2D eigenvalue weighted by Crippen LogP contribution is -2.34. The summed E-state index contributed by atoms with van der Waals surface area (Å²) in [6.07, 6.45) is -0.133. The topological polar surface area (TPSA) is 77.2 Å². The summed E-state index contributed by atoms with van der Waals surface area (Å²) in [6.45, 7) is 7.07. The van der Waals surface area contributed by atoms with Gasteiger partial charge in [0.25, 0.3) is 0 Å². The van der Waals surface area contributed by atoms with Crippen molar-refractivity contribution in [3.8, 4) is 0 Å². The third-order valence-corrected chi connectivity index (χ3v) is 2.86. The zero-order valence-corrected chi connectivity index (χ0v) is 13.6. The summed E-state index contributed by atoms with van der Waals surface area (Å²) in [6, 6.07) is 5.60. The van der Waals surface area contributed by atoms with Crippen LogP contribution < -0.4 is 5.32 Å². The van der Waals surface area contributed by atoms with Crippen molar-refractivity contribution >= 4 is 6.09 Å². The molecule has 1 N–H and O–H groups in total. The zero-order chi connectivity index (χ0) is 17.0. The van der Waals surface area contributed by atoms with Gasteiger partial charge in [0, 0.05) is 6.42 Å². The molecule has 0 bridgehead atoms. The molecule has 1 atom stereocenters. The molecule has 1 heterocycles. The van der Waals surface area contributed by atoms with Crippen LogP contribution in [0.5, 0.6) is 0 Å². The molecule has 1 aromatic carbocycles. The van der Waals surface area contributed by atoms with Gasteiger partial charge in [-0.2, -0.15) is 4.98 Å². The second-order valence-corrected chi connectivity index (χ2v) is 6.22. The number of carbonyl (C=O) groups excluding carboxylic acids is 1. The molecule has 2 rings (SSSR count). The highest BCUT2D eigenvalue weighted by Crippen LogP contribution is 2.14. The van der Waals surface area contributed by atoms with E-state index >= 15 is 0 Å². The van der Waals surface area contributed by atoms with Crippen LogP contribution >= 0.6 is 0 Å². The fourth-order valence-corrected chi connectivity index (χ4v) is 1.85. The van der Waals surface area contributed by atoms with Gasteiger partial charge in [-0.1, -0.05) is 17.3 Å². The van der Waals surface area contributed by atoms with Crippen LogP contribution in [0.25, 0.3) is 0 Å². The first-order valence-electron chi connectivity index (χ1n) is 7.29. The van der Waals surface area contributed by atoms with Crippen LogP contribution in [0, 0.1) is 5.82 Å². The number of hydrogen-bond donors (Lipinski definition) is 1. The fourth-order valence-electron chi connectivity index (χ4n) is 1.85. The van der Waals surface area contributed by atoms with Gasteiger partial charge in [-0.15, -0.1) is 0 Å². The molecule has 0 spiro atoms. The molecule has 0 fully saturated rings. The van der Waals surface area contributed by atoms with Crippen molar-refractivity contribution in [1.29, 1.82) is 0 Å². The number of ether oxygens (including phenoxy) is 1. The van der Waals surface area contributed by atoms with Crippen molar-refractivity contribution in [3.05, 3.63) is 47.4 Å². The molecule has 0 radical (unpaired) electrons. The number of nitrogens with zero attached hydrogens (tertiary/aromatic N) is 2. The lowest BCUT2D eigenvalue weighted by Gasteiger charge is -2.20. The highest BCUT2D eigenvalue weighted by molar-refractivity contribution is 5.68. The Bertz CT molecular complexity index is 662. The van der Waals surface area contributed by atoms with E-state index in [1.807, 2.05) is 0 Å². The predicted octanol–water partition coefficient (Wildman–Crippen LogP) is 3.39. The second kappa shape index (κ2) is 6.76. The first-order chi connectivity index (χ1) is 10.7. The monoisotopic (exact) mass is 321 g/mol. The highest BCUT2D eigenvalue weighted by Gasteiger charge is 2.21. The van der Waals surface area contributed by atoms with Crippen molar-refractivity contribution in [2.24, 2.45) is 0 Å². The Hall–Kier alpha value is -2.44. The van der Waals surface area contributed by atoms with Crippen LogP contribution in [-0.4, -0.2) is 21.8 Å². The van der Waals surface area contributed by atoms with E-state index in [9.17, 15) is 9.18 Å². The Morgan fingerprint density at radius 3 is 2.61 bits per heavy atom. The van der Waals surface area contributed by atoms with E-state index in [-0.39, 0.29) is 11.7 Å². The smallest absolute Gasteiger partial charge is 0.408 e. The Kier molecular flexibility index (Phi) is 4.98. The van der Waals surface area contributed by atoms with Crippen molar-refractivity contribution in [2.45, 2.75) is 45.8 Å². The summed E-state index contributed by atoms with van der Waals surface area (Å²) in [5, 5.41) is 6.50. The SMILES string of the molecule is CC(NC(=O)OC(C)(C)C)c1nc(Cc2ccc(F)cc2)no1. The lowest BCUT2D eigenvalue weighted by molar-refractivity contribution is 0.0499. The van der Waals surface area contributed by atoms with Crippen LogP contribution in [0.3, 0.4) is 0 Å². The Morgan fingerprint density at radius 2 is 2.00 bits per heavy atom. The maximum absolute atomic E-state index is 12.9. The number of rotatable bonds is 4. The molecule has 0 saturated heterocycles. The van der Waals surface area contributed by atoms with E-state index < -0.39 is 17.7 Å². The van der Waals surface area contributed by atoms with Gasteiger partial charge in [-0.25, -0.2) is 9.18 Å². The van der Waals surface area contributed by atoms with Crippen LogP contribution in [0.15, 0.2) is 28.8 Å². The van der Waals surface area contributed by atoms with Gasteiger partial charge in [0.15, 0.2) is 5.82 Å². The summed E-state index contributed by atoms with van der Waals surface area (Å²) >= 11 is 0. The zero-order valence-electron chi connectivity index (χ0n) is 13.6. The van der Waals surface area contributed by atoms with E-state index in [1.165, 1.54) is 12.1 Å². The first-order valence-corrected chi connectivity index (χ1v) is 7.29. The Balaban J connectivity index is 1.95. The van der Waals surface area contributed by atoms with E-state index in [2.05, 4.69) is 15.5 Å².